The molecule has 3 aromatic rings. The van der Waals surface area contributed by atoms with E-state index in [0.29, 0.717) is 23.5 Å². The number of hydrogen-bond donors (Lipinski definition) is 2. The predicted molar refractivity (Wildman–Crippen MR) is 106 cm³/mol. The summed E-state index contributed by atoms with van der Waals surface area (Å²) in [7, 11) is 1.57. The molecule has 0 aliphatic rings. The van der Waals surface area contributed by atoms with Crippen molar-refractivity contribution < 1.29 is 9.53 Å². The summed E-state index contributed by atoms with van der Waals surface area (Å²) >= 11 is 3.15. The number of thioether (sulfide) groups is 1. The third-order valence-corrected chi connectivity index (χ3v) is 5.47. The van der Waals surface area contributed by atoms with Gasteiger partial charge in [-0.3, -0.25) is 4.79 Å². The van der Waals surface area contributed by atoms with Gasteiger partial charge in [0.25, 0.3) is 5.91 Å². The van der Waals surface area contributed by atoms with E-state index in [1.54, 1.807) is 54.5 Å². The minimum absolute atomic E-state index is 0.185. The number of para-hydroxylation sites is 2. The van der Waals surface area contributed by atoms with Crippen molar-refractivity contribution in [3.63, 3.8) is 0 Å². The van der Waals surface area contributed by atoms with Gasteiger partial charge in [0.15, 0.2) is 4.34 Å². The third kappa shape index (κ3) is 4.53. The lowest BCUT2D eigenvalue weighted by Gasteiger charge is -2.10. The lowest BCUT2D eigenvalue weighted by molar-refractivity contribution is 0.102. The quantitative estimate of drug-likeness (QED) is 0.595. The van der Waals surface area contributed by atoms with Crippen molar-refractivity contribution in [3.05, 3.63) is 59.1 Å². The third-order valence-electron chi connectivity index (χ3n) is 3.57. The zero-order valence-electron chi connectivity index (χ0n) is 14.4. The van der Waals surface area contributed by atoms with Crippen LogP contribution in [0.5, 0.6) is 5.75 Å². The zero-order chi connectivity index (χ0) is 18.4. The molecule has 0 saturated heterocycles. The average molecular weight is 387 g/mol. The molecule has 2 N–H and O–H groups in total. The van der Waals surface area contributed by atoms with Crippen LogP contribution in [0.2, 0.25) is 0 Å². The van der Waals surface area contributed by atoms with Crippen molar-refractivity contribution in [1.29, 1.82) is 0 Å². The summed E-state index contributed by atoms with van der Waals surface area (Å²) in [6.07, 6.45) is 1.98. The van der Waals surface area contributed by atoms with Gasteiger partial charge in [0.05, 0.1) is 19.3 Å². The Labute approximate surface area is 160 Å². The van der Waals surface area contributed by atoms with Crippen molar-refractivity contribution in [3.8, 4) is 5.75 Å². The van der Waals surface area contributed by atoms with Crippen molar-refractivity contribution in [2.24, 2.45) is 0 Å². The Balaban J connectivity index is 1.60. The van der Waals surface area contributed by atoms with E-state index in [2.05, 4.69) is 20.8 Å². The van der Waals surface area contributed by atoms with Gasteiger partial charge in [-0.25, -0.2) is 0 Å². The number of carbonyl (C=O) groups is 1. The molecule has 1 heterocycles. The predicted octanol–water partition coefficient (Wildman–Crippen LogP) is 4.13. The average Bonchev–Trinajstić information content (AvgIpc) is 3.15. The molecule has 0 saturated carbocycles. The molecule has 6 nitrogen and oxygen atoms in total. The van der Waals surface area contributed by atoms with Crippen LogP contribution in [0.1, 0.15) is 15.4 Å². The Bertz CT molecular complexity index is 881. The largest absolute Gasteiger partial charge is 0.495 e. The Morgan fingerprint density at radius 3 is 2.62 bits per heavy atom. The first-order chi connectivity index (χ1) is 12.7. The monoisotopic (exact) mass is 386 g/mol. The molecule has 0 atom stereocenters. The highest BCUT2D eigenvalue weighted by atomic mass is 32.2. The van der Waals surface area contributed by atoms with Gasteiger partial charge >= 0.3 is 0 Å². The molecule has 1 amide bonds. The molecule has 26 heavy (non-hydrogen) atoms. The number of aromatic nitrogens is 2. The first-order valence-corrected chi connectivity index (χ1v) is 9.88. The van der Waals surface area contributed by atoms with Gasteiger partial charge in [-0.15, -0.1) is 10.2 Å². The number of hydrogen-bond acceptors (Lipinski definition) is 7. The number of anilines is 2. The highest BCUT2D eigenvalue weighted by Crippen LogP contribution is 2.24. The number of nitrogens with one attached hydrogen (secondary N) is 2. The van der Waals surface area contributed by atoms with Crippen LogP contribution in [-0.2, 0) is 6.54 Å². The van der Waals surface area contributed by atoms with E-state index >= 15 is 0 Å². The zero-order valence-corrected chi connectivity index (χ0v) is 16.0. The van der Waals surface area contributed by atoms with Crippen LogP contribution < -0.4 is 15.4 Å². The number of rotatable bonds is 7. The topological polar surface area (TPSA) is 76.1 Å². The Morgan fingerprint density at radius 1 is 1.15 bits per heavy atom. The lowest BCUT2D eigenvalue weighted by Crippen LogP contribution is -2.12. The molecule has 0 spiro atoms. The minimum Gasteiger partial charge on any atom is -0.495 e. The molecule has 0 bridgehead atoms. The fourth-order valence-corrected chi connectivity index (χ4v) is 3.51. The molecule has 0 radical (unpaired) electrons. The second kappa shape index (κ2) is 8.68. The number of ether oxygens (including phenoxy) is 1. The van der Waals surface area contributed by atoms with Crippen molar-refractivity contribution in [2.75, 3.05) is 24.0 Å². The van der Waals surface area contributed by atoms with Crippen LogP contribution in [0, 0.1) is 0 Å². The normalized spacial score (nSPS) is 10.4. The van der Waals surface area contributed by atoms with Gasteiger partial charge in [-0.1, -0.05) is 35.2 Å². The van der Waals surface area contributed by atoms with Crippen LogP contribution in [-0.4, -0.2) is 29.5 Å². The van der Waals surface area contributed by atoms with E-state index in [0.717, 1.165) is 15.0 Å². The Kier molecular flexibility index (Phi) is 6.08. The summed E-state index contributed by atoms with van der Waals surface area (Å²) in [5.41, 5.74) is 2.13. The second-order valence-electron chi connectivity index (χ2n) is 5.25. The molecule has 2 aromatic carbocycles. The van der Waals surface area contributed by atoms with Crippen LogP contribution in [0.4, 0.5) is 11.4 Å². The number of nitrogens with zero attached hydrogens (tertiary/aromatic N) is 2. The van der Waals surface area contributed by atoms with E-state index in [-0.39, 0.29) is 5.91 Å². The highest BCUT2D eigenvalue weighted by Gasteiger charge is 2.09. The lowest BCUT2D eigenvalue weighted by atomic mass is 10.2. The molecule has 3 rings (SSSR count). The maximum absolute atomic E-state index is 12.4. The second-order valence-corrected chi connectivity index (χ2v) is 7.37. The van der Waals surface area contributed by atoms with Crippen LogP contribution in [0.3, 0.4) is 0 Å². The summed E-state index contributed by atoms with van der Waals surface area (Å²) in [5.74, 6) is 0.440. The first-order valence-electron chi connectivity index (χ1n) is 7.84. The molecule has 0 aliphatic carbocycles. The van der Waals surface area contributed by atoms with Gasteiger partial charge in [-0.2, -0.15) is 0 Å². The molecule has 8 heteroatoms. The van der Waals surface area contributed by atoms with Crippen molar-refractivity contribution >= 4 is 40.4 Å². The summed E-state index contributed by atoms with van der Waals surface area (Å²) in [4.78, 5) is 12.4. The van der Waals surface area contributed by atoms with Crippen molar-refractivity contribution in [1.82, 2.24) is 10.2 Å². The maximum atomic E-state index is 12.4. The molecule has 0 unspecified atom stereocenters. The van der Waals surface area contributed by atoms with E-state index in [9.17, 15) is 4.79 Å². The molecule has 1 aromatic heterocycles. The number of amides is 1. The SMILES string of the molecule is COc1ccccc1NC(=O)c1ccc(NCc2nnc(SC)s2)cc1. The Hall–Kier alpha value is -2.58. The summed E-state index contributed by atoms with van der Waals surface area (Å²) in [6, 6.07) is 14.6. The summed E-state index contributed by atoms with van der Waals surface area (Å²) in [5, 5.41) is 15.3. The fraction of sp³-hybridized carbons (Fsp3) is 0.167. The molecular formula is C18H18N4O2S2. The van der Waals surface area contributed by atoms with E-state index in [4.69, 9.17) is 4.74 Å². The van der Waals surface area contributed by atoms with Gasteiger partial charge < -0.3 is 15.4 Å². The molecular weight excluding hydrogens is 368 g/mol. The van der Waals surface area contributed by atoms with Gasteiger partial charge in [0.2, 0.25) is 0 Å². The molecule has 134 valence electrons. The van der Waals surface area contributed by atoms with Crippen LogP contribution >= 0.6 is 23.1 Å². The summed E-state index contributed by atoms with van der Waals surface area (Å²) in [6.45, 7) is 0.602. The standard InChI is InChI=1S/C18H18N4O2S2/c1-24-15-6-4-3-5-14(15)20-17(23)12-7-9-13(10-8-12)19-11-16-21-22-18(25-2)26-16/h3-10,19H,11H2,1-2H3,(H,20,23). The number of carbonyl (C=O) groups excluding carboxylic acids is 1. The van der Waals surface area contributed by atoms with Gasteiger partial charge in [-0.05, 0) is 42.7 Å². The van der Waals surface area contributed by atoms with Crippen molar-refractivity contribution in [2.45, 2.75) is 10.9 Å². The first kappa shape index (κ1) is 18.2. The summed E-state index contributed by atoms with van der Waals surface area (Å²) < 4.78 is 6.20. The smallest absolute Gasteiger partial charge is 0.255 e. The fourth-order valence-electron chi connectivity index (χ4n) is 2.25. The number of methoxy groups -OCH3 is 1. The van der Waals surface area contributed by atoms with Gasteiger partial charge in [0.1, 0.15) is 10.8 Å². The highest BCUT2D eigenvalue weighted by molar-refractivity contribution is 8.00. The van der Waals surface area contributed by atoms with E-state index in [1.165, 1.54) is 0 Å². The van der Waals surface area contributed by atoms with Crippen LogP contribution in [0.25, 0.3) is 0 Å². The van der Waals surface area contributed by atoms with Gasteiger partial charge in [0, 0.05) is 11.3 Å². The van der Waals surface area contributed by atoms with E-state index in [1.807, 2.05) is 30.5 Å². The number of benzene rings is 2. The van der Waals surface area contributed by atoms with E-state index < -0.39 is 0 Å². The Morgan fingerprint density at radius 2 is 1.92 bits per heavy atom. The maximum Gasteiger partial charge on any atom is 0.255 e. The molecule has 0 fully saturated rings. The van der Waals surface area contributed by atoms with Crippen LogP contribution in [0.15, 0.2) is 52.9 Å². The minimum atomic E-state index is -0.185. The molecule has 0 aliphatic heterocycles.